The van der Waals surface area contributed by atoms with E-state index in [1.807, 2.05) is 25.1 Å². The van der Waals surface area contributed by atoms with Gasteiger partial charge in [-0.15, -0.1) is 0 Å². The minimum absolute atomic E-state index is 0.215. The number of carbonyl (C=O) groups excluding carboxylic acids is 1. The van der Waals surface area contributed by atoms with Gasteiger partial charge in [0.05, 0.1) is 4.90 Å². The van der Waals surface area contributed by atoms with Crippen molar-refractivity contribution in [3.05, 3.63) is 65.7 Å². The van der Waals surface area contributed by atoms with E-state index in [9.17, 15) is 13.2 Å². The van der Waals surface area contributed by atoms with E-state index in [2.05, 4.69) is 17.0 Å². The third-order valence-corrected chi connectivity index (χ3v) is 8.35. The molecule has 5 nitrogen and oxygen atoms in total. The number of hydrogen-bond acceptors (Lipinski definition) is 4. The van der Waals surface area contributed by atoms with Gasteiger partial charge in [0.2, 0.25) is 5.91 Å². The van der Waals surface area contributed by atoms with Gasteiger partial charge in [-0.2, -0.15) is 0 Å². The monoisotopic (exact) mass is 398 g/mol. The molecule has 6 heteroatoms. The van der Waals surface area contributed by atoms with E-state index in [0.29, 0.717) is 25.9 Å². The van der Waals surface area contributed by atoms with Crippen LogP contribution in [-0.4, -0.2) is 55.1 Å². The molecule has 28 heavy (non-hydrogen) atoms. The van der Waals surface area contributed by atoms with E-state index in [1.54, 1.807) is 29.2 Å². The van der Waals surface area contributed by atoms with Crippen molar-refractivity contribution in [3.8, 4) is 0 Å². The fourth-order valence-electron chi connectivity index (χ4n) is 3.89. The van der Waals surface area contributed by atoms with Gasteiger partial charge in [-0.25, -0.2) is 8.42 Å². The standard InChI is InChI=1S/C22H26N2O3S/c1-18-7-9-20(10-8-18)28(26,27)22(11-12-22)21(25)24-15-13-23(14-16-24)17-19-5-3-2-4-6-19/h2-10H,11-17H2,1H3. The van der Waals surface area contributed by atoms with Crippen LogP contribution in [0.15, 0.2) is 59.5 Å². The van der Waals surface area contributed by atoms with Crippen LogP contribution in [0.3, 0.4) is 0 Å². The summed E-state index contributed by atoms with van der Waals surface area (Å²) in [6.07, 6.45) is 0.846. The Morgan fingerprint density at radius 2 is 1.54 bits per heavy atom. The van der Waals surface area contributed by atoms with E-state index >= 15 is 0 Å². The maximum Gasteiger partial charge on any atom is 0.244 e. The van der Waals surface area contributed by atoms with E-state index in [4.69, 9.17) is 0 Å². The Labute approximate surface area is 166 Å². The number of carbonyl (C=O) groups is 1. The van der Waals surface area contributed by atoms with Crippen molar-refractivity contribution in [2.75, 3.05) is 26.2 Å². The molecule has 0 unspecified atom stereocenters. The molecule has 0 spiro atoms. The lowest BCUT2D eigenvalue weighted by Gasteiger charge is -2.36. The molecule has 1 aliphatic carbocycles. The molecule has 148 valence electrons. The van der Waals surface area contributed by atoms with Gasteiger partial charge >= 0.3 is 0 Å². The summed E-state index contributed by atoms with van der Waals surface area (Å²) in [7, 11) is -3.66. The number of rotatable bonds is 5. The Kier molecular flexibility index (Phi) is 5.02. The SMILES string of the molecule is Cc1ccc(S(=O)(=O)C2(C(=O)N3CCN(Cc4ccccc4)CC3)CC2)cc1. The normalized spacial score (nSPS) is 19.4. The number of piperazine rings is 1. The Balaban J connectivity index is 1.43. The molecular weight excluding hydrogens is 372 g/mol. The van der Waals surface area contributed by atoms with Gasteiger partial charge in [0.15, 0.2) is 14.6 Å². The van der Waals surface area contributed by atoms with Crippen LogP contribution in [0.25, 0.3) is 0 Å². The minimum Gasteiger partial charge on any atom is -0.339 e. The molecule has 0 radical (unpaired) electrons. The van der Waals surface area contributed by atoms with E-state index in [-0.39, 0.29) is 10.8 Å². The van der Waals surface area contributed by atoms with Gasteiger partial charge in [0.25, 0.3) is 0 Å². The predicted molar refractivity (Wildman–Crippen MR) is 109 cm³/mol. The smallest absolute Gasteiger partial charge is 0.244 e. The summed E-state index contributed by atoms with van der Waals surface area (Å²) in [5, 5.41) is 0. The van der Waals surface area contributed by atoms with Crippen LogP contribution >= 0.6 is 0 Å². The van der Waals surface area contributed by atoms with Crippen LogP contribution in [-0.2, 0) is 21.2 Å². The van der Waals surface area contributed by atoms with E-state index in [1.165, 1.54) is 5.56 Å². The van der Waals surface area contributed by atoms with Gasteiger partial charge in [-0.05, 0) is 37.5 Å². The Morgan fingerprint density at radius 3 is 2.11 bits per heavy atom. The summed E-state index contributed by atoms with van der Waals surface area (Å²) in [6, 6.07) is 17.1. The molecule has 1 heterocycles. The third-order valence-electron chi connectivity index (χ3n) is 5.85. The van der Waals surface area contributed by atoms with Crippen molar-refractivity contribution in [1.29, 1.82) is 0 Å². The molecule has 0 N–H and O–H groups in total. The van der Waals surface area contributed by atoms with Crippen LogP contribution in [0.5, 0.6) is 0 Å². The van der Waals surface area contributed by atoms with Crippen molar-refractivity contribution in [2.24, 2.45) is 0 Å². The second-order valence-electron chi connectivity index (χ2n) is 7.86. The molecule has 0 bridgehead atoms. The first-order valence-electron chi connectivity index (χ1n) is 9.79. The average Bonchev–Trinajstić information content (AvgIpc) is 3.52. The molecular formula is C22H26N2O3S. The number of aryl methyl sites for hydroxylation is 1. The second kappa shape index (κ2) is 7.33. The van der Waals surface area contributed by atoms with Crippen LogP contribution in [0, 0.1) is 6.92 Å². The molecule has 1 amide bonds. The lowest BCUT2D eigenvalue weighted by atomic mass is 10.2. The zero-order valence-electron chi connectivity index (χ0n) is 16.2. The highest BCUT2D eigenvalue weighted by Crippen LogP contribution is 2.48. The number of sulfone groups is 1. The quantitative estimate of drug-likeness (QED) is 0.777. The highest BCUT2D eigenvalue weighted by Gasteiger charge is 2.62. The van der Waals surface area contributed by atoms with Crippen LogP contribution in [0.2, 0.25) is 0 Å². The van der Waals surface area contributed by atoms with Crippen LogP contribution in [0.4, 0.5) is 0 Å². The maximum atomic E-state index is 13.2. The lowest BCUT2D eigenvalue weighted by molar-refractivity contribution is -0.133. The second-order valence-corrected chi connectivity index (χ2v) is 10.1. The number of hydrogen-bond donors (Lipinski definition) is 0. The molecule has 0 aromatic heterocycles. The number of nitrogens with zero attached hydrogens (tertiary/aromatic N) is 2. The van der Waals surface area contributed by atoms with Crippen LogP contribution in [0.1, 0.15) is 24.0 Å². The summed E-state index contributed by atoms with van der Waals surface area (Å²) in [4.78, 5) is 17.5. The maximum absolute atomic E-state index is 13.2. The molecule has 1 saturated carbocycles. The zero-order valence-corrected chi connectivity index (χ0v) is 17.0. The lowest BCUT2D eigenvalue weighted by Crippen LogP contribution is -2.53. The molecule has 2 aromatic carbocycles. The van der Waals surface area contributed by atoms with Crippen molar-refractivity contribution in [1.82, 2.24) is 9.80 Å². The Morgan fingerprint density at radius 1 is 0.929 bits per heavy atom. The summed E-state index contributed by atoms with van der Waals surface area (Å²) in [5.74, 6) is -0.215. The zero-order chi connectivity index (χ0) is 19.8. The summed E-state index contributed by atoms with van der Waals surface area (Å²) >= 11 is 0. The predicted octanol–water partition coefficient (Wildman–Crippen LogP) is 2.65. The Hall–Kier alpha value is -2.18. The molecule has 2 fully saturated rings. The molecule has 1 saturated heterocycles. The molecule has 1 aliphatic heterocycles. The largest absolute Gasteiger partial charge is 0.339 e. The fourth-order valence-corrected chi connectivity index (χ4v) is 5.84. The highest BCUT2D eigenvalue weighted by molar-refractivity contribution is 7.94. The van der Waals surface area contributed by atoms with Crippen molar-refractivity contribution >= 4 is 15.7 Å². The summed E-state index contributed by atoms with van der Waals surface area (Å²) in [6.45, 7) is 5.47. The topological polar surface area (TPSA) is 57.7 Å². The minimum atomic E-state index is -3.66. The average molecular weight is 399 g/mol. The number of amides is 1. The van der Waals surface area contributed by atoms with Gasteiger partial charge in [-0.3, -0.25) is 9.69 Å². The molecule has 2 aromatic rings. The summed E-state index contributed by atoms with van der Waals surface area (Å²) in [5.41, 5.74) is 2.26. The van der Waals surface area contributed by atoms with Gasteiger partial charge in [0, 0.05) is 32.7 Å². The first-order valence-corrected chi connectivity index (χ1v) is 11.3. The molecule has 2 aliphatic rings. The van der Waals surface area contributed by atoms with Crippen molar-refractivity contribution < 1.29 is 13.2 Å². The van der Waals surface area contributed by atoms with Crippen molar-refractivity contribution in [2.45, 2.75) is 36.0 Å². The fraction of sp³-hybridized carbons (Fsp3) is 0.409. The third kappa shape index (κ3) is 3.47. The van der Waals surface area contributed by atoms with Crippen LogP contribution < -0.4 is 0 Å². The molecule has 0 atom stereocenters. The van der Waals surface area contributed by atoms with Crippen molar-refractivity contribution in [3.63, 3.8) is 0 Å². The van der Waals surface area contributed by atoms with E-state index in [0.717, 1.165) is 25.2 Å². The Bertz CT molecular complexity index is 943. The highest BCUT2D eigenvalue weighted by atomic mass is 32.2. The van der Waals surface area contributed by atoms with Gasteiger partial charge in [0.1, 0.15) is 0 Å². The first-order chi connectivity index (χ1) is 13.4. The summed E-state index contributed by atoms with van der Waals surface area (Å²) < 4.78 is 25.1. The number of benzene rings is 2. The van der Waals surface area contributed by atoms with E-state index < -0.39 is 14.6 Å². The van der Waals surface area contributed by atoms with Gasteiger partial charge in [-0.1, -0.05) is 48.0 Å². The molecule has 4 rings (SSSR count). The van der Waals surface area contributed by atoms with Gasteiger partial charge < -0.3 is 4.90 Å². The first kappa shape index (κ1) is 19.2.